The number of hydrogen-bond donors (Lipinski definition) is 3. The van der Waals surface area contributed by atoms with Gasteiger partial charge in [0.1, 0.15) is 0 Å². The highest BCUT2D eigenvalue weighted by atomic mass is 16.4. The number of nitrogens with zero attached hydrogens (tertiary/aromatic N) is 2. The standard InChI is InChI=1S/C28H32N4O4/c1-19(33)31(2)23-13-15-32(18-23)28(36)21-10-11-25(26(16-21)29-14-12-27(34)35)30-17-22-8-5-7-20-6-3-4-9-24(20)22/h3-11,16,23,29-30H,12-15,17-18H2,1-2H3,(H,34,35). The van der Waals surface area contributed by atoms with Crippen molar-refractivity contribution >= 4 is 39.9 Å². The summed E-state index contributed by atoms with van der Waals surface area (Å²) in [5, 5.41) is 18.0. The summed E-state index contributed by atoms with van der Waals surface area (Å²) in [4.78, 5) is 39.4. The molecule has 0 radical (unpaired) electrons. The lowest BCUT2D eigenvalue weighted by molar-refractivity contribution is -0.136. The van der Waals surface area contributed by atoms with Gasteiger partial charge in [0.2, 0.25) is 5.91 Å². The first-order valence-corrected chi connectivity index (χ1v) is 12.2. The highest BCUT2D eigenvalue weighted by Gasteiger charge is 2.30. The predicted molar refractivity (Wildman–Crippen MR) is 141 cm³/mol. The quantitative estimate of drug-likeness (QED) is 0.420. The van der Waals surface area contributed by atoms with E-state index >= 15 is 0 Å². The summed E-state index contributed by atoms with van der Waals surface area (Å²) in [5.41, 5.74) is 3.14. The molecule has 3 aromatic rings. The number of likely N-dealkylation sites (tertiary alicyclic amines) is 1. The molecule has 0 aliphatic carbocycles. The van der Waals surface area contributed by atoms with Gasteiger partial charge in [-0.15, -0.1) is 0 Å². The van der Waals surface area contributed by atoms with Gasteiger partial charge in [0.25, 0.3) is 5.91 Å². The summed E-state index contributed by atoms with van der Waals surface area (Å²) in [6, 6.07) is 19.8. The zero-order chi connectivity index (χ0) is 25.7. The van der Waals surface area contributed by atoms with Crippen LogP contribution < -0.4 is 10.6 Å². The maximum absolute atomic E-state index is 13.2. The van der Waals surface area contributed by atoms with Gasteiger partial charge in [-0.05, 0) is 41.0 Å². The van der Waals surface area contributed by atoms with Crippen LogP contribution in [0.3, 0.4) is 0 Å². The molecular weight excluding hydrogens is 456 g/mol. The first kappa shape index (κ1) is 25.0. The summed E-state index contributed by atoms with van der Waals surface area (Å²) in [7, 11) is 1.77. The molecule has 8 nitrogen and oxygen atoms in total. The third kappa shape index (κ3) is 5.76. The molecule has 2 amide bonds. The number of carbonyl (C=O) groups excluding carboxylic acids is 2. The Balaban J connectivity index is 1.52. The fraction of sp³-hybridized carbons (Fsp3) is 0.321. The van der Waals surface area contributed by atoms with Crippen molar-refractivity contribution in [1.29, 1.82) is 0 Å². The van der Waals surface area contributed by atoms with E-state index < -0.39 is 5.97 Å². The number of rotatable bonds is 9. The number of carbonyl (C=O) groups is 3. The van der Waals surface area contributed by atoms with E-state index in [2.05, 4.69) is 34.9 Å². The second-order valence-corrected chi connectivity index (χ2v) is 9.15. The molecule has 8 heteroatoms. The minimum atomic E-state index is -0.891. The van der Waals surface area contributed by atoms with Gasteiger partial charge >= 0.3 is 5.97 Å². The number of likely N-dealkylation sites (N-methyl/N-ethyl adjacent to an activating group) is 1. The summed E-state index contributed by atoms with van der Waals surface area (Å²) in [5.74, 6) is -1.00. The van der Waals surface area contributed by atoms with E-state index in [1.807, 2.05) is 24.3 Å². The zero-order valence-electron chi connectivity index (χ0n) is 20.7. The largest absolute Gasteiger partial charge is 0.481 e. The second kappa shape index (κ2) is 11.1. The molecule has 4 rings (SSSR count). The molecular formula is C28H32N4O4. The Kier molecular flexibility index (Phi) is 7.73. The minimum absolute atomic E-state index is 0.0131. The third-order valence-corrected chi connectivity index (χ3v) is 6.77. The van der Waals surface area contributed by atoms with Gasteiger partial charge in [0.05, 0.1) is 23.8 Å². The van der Waals surface area contributed by atoms with Crippen molar-refractivity contribution in [2.75, 3.05) is 37.3 Å². The van der Waals surface area contributed by atoms with Gasteiger partial charge in [-0.1, -0.05) is 42.5 Å². The van der Waals surface area contributed by atoms with Crippen molar-refractivity contribution in [2.45, 2.75) is 32.4 Å². The van der Waals surface area contributed by atoms with Crippen LogP contribution in [-0.4, -0.2) is 65.4 Å². The van der Waals surface area contributed by atoms with Crippen LogP contribution in [0.4, 0.5) is 11.4 Å². The van der Waals surface area contributed by atoms with Gasteiger partial charge in [-0.2, -0.15) is 0 Å². The Labute approximate surface area is 210 Å². The van der Waals surface area contributed by atoms with E-state index in [0.717, 1.165) is 23.1 Å². The maximum atomic E-state index is 13.2. The summed E-state index contributed by atoms with van der Waals surface area (Å²) >= 11 is 0. The van der Waals surface area contributed by atoms with Crippen LogP contribution in [0.15, 0.2) is 60.7 Å². The first-order chi connectivity index (χ1) is 17.3. The zero-order valence-corrected chi connectivity index (χ0v) is 20.7. The molecule has 1 atom stereocenters. The minimum Gasteiger partial charge on any atom is -0.481 e. The molecule has 1 unspecified atom stereocenters. The summed E-state index contributed by atoms with van der Waals surface area (Å²) in [6.45, 7) is 3.43. The Morgan fingerprint density at radius 2 is 1.81 bits per heavy atom. The maximum Gasteiger partial charge on any atom is 0.305 e. The normalized spacial score (nSPS) is 15.1. The van der Waals surface area contributed by atoms with E-state index in [1.54, 1.807) is 29.0 Å². The van der Waals surface area contributed by atoms with E-state index in [1.165, 1.54) is 12.3 Å². The molecule has 1 fully saturated rings. The van der Waals surface area contributed by atoms with Crippen LogP contribution in [-0.2, 0) is 16.1 Å². The highest BCUT2D eigenvalue weighted by Crippen LogP contribution is 2.27. The van der Waals surface area contributed by atoms with Crippen LogP contribution in [0.5, 0.6) is 0 Å². The molecule has 36 heavy (non-hydrogen) atoms. The topological polar surface area (TPSA) is 102 Å². The predicted octanol–water partition coefficient (Wildman–Crippen LogP) is 4.03. The number of aliphatic carboxylic acids is 1. The lowest BCUT2D eigenvalue weighted by Crippen LogP contribution is -2.38. The number of fused-ring (bicyclic) bond motifs is 1. The van der Waals surface area contributed by atoms with Crippen LogP contribution in [0, 0.1) is 0 Å². The molecule has 1 aliphatic heterocycles. The molecule has 0 spiro atoms. The smallest absolute Gasteiger partial charge is 0.305 e. The Morgan fingerprint density at radius 1 is 1.03 bits per heavy atom. The van der Waals surface area contributed by atoms with Crippen LogP contribution in [0.25, 0.3) is 10.8 Å². The Morgan fingerprint density at radius 3 is 2.58 bits per heavy atom. The molecule has 1 saturated heterocycles. The van der Waals surface area contributed by atoms with Gasteiger partial charge in [-0.3, -0.25) is 14.4 Å². The molecule has 1 aliphatic rings. The fourth-order valence-corrected chi connectivity index (χ4v) is 4.60. The van der Waals surface area contributed by atoms with Crippen molar-refractivity contribution in [3.8, 4) is 0 Å². The number of amides is 2. The van der Waals surface area contributed by atoms with E-state index in [0.29, 0.717) is 30.9 Å². The SMILES string of the molecule is CC(=O)N(C)C1CCN(C(=O)c2ccc(NCc3cccc4ccccc34)c(NCCC(=O)O)c2)C1. The van der Waals surface area contributed by atoms with E-state index in [9.17, 15) is 14.4 Å². The van der Waals surface area contributed by atoms with Crippen molar-refractivity contribution in [3.63, 3.8) is 0 Å². The lowest BCUT2D eigenvalue weighted by atomic mass is 10.0. The van der Waals surface area contributed by atoms with Crippen LogP contribution in [0.1, 0.15) is 35.7 Å². The second-order valence-electron chi connectivity index (χ2n) is 9.15. The van der Waals surface area contributed by atoms with Gasteiger partial charge < -0.3 is 25.5 Å². The molecule has 3 N–H and O–H groups in total. The van der Waals surface area contributed by atoms with Gasteiger partial charge in [0.15, 0.2) is 0 Å². The number of hydrogen-bond acceptors (Lipinski definition) is 5. The van der Waals surface area contributed by atoms with Crippen molar-refractivity contribution < 1.29 is 19.5 Å². The van der Waals surface area contributed by atoms with Crippen molar-refractivity contribution in [2.24, 2.45) is 0 Å². The Bertz CT molecular complexity index is 1270. The lowest BCUT2D eigenvalue weighted by Gasteiger charge is -2.24. The van der Waals surface area contributed by atoms with E-state index in [4.69, 9.17) is 5.11 Å². The molecule has 0 bridgehead atoms. The average molecular weight is 489 g/mol. The van der Waals surface area contributed by atoms with Crippen LogP contribution in [0.2, 0.25) is 0 Å². The number of anilines is 2. The highest BCUT2D eigenvalue weighted by molar-refractivity contribution is 5.96. The average Bonchev–Trinajstić information content (AvgIpc) is 3.37. The molecule has 0 saturated carbocycles. The number of carboxylic acids is 1. The summed E-state index contributed by atoms with van der Waals surface area (Å²) < 4.78 is 0. The van der Waals surface area contributed by atoms with Gasteiger partial charge in [-0.25, -0.2) is 0 Å². The van der Waals surface area contributed by atoms with Crippen molar-refractivity contribution in [1.82, 2.24) is 9.80 Å². The van der Waals surface area contributed by atoms with E-state index in [-0.39, 0.29) is 30.8 Å². The Hall–Kier alpha value is -4.07. The first-order valence-electron chi connectivity index (χ1n) is 12.2. The summed E-state index contributed by atoms with van der Waals surface area (Å²) in [6.07, 6.45) is 0.711. The number of nitrogens with one attached hydrogen (secondary N) is 2. The van der Waals surface area contributed by atoms with Crippen molar-refractivity contribution in [3.05, 3.63) is 71.8 Å². The fourth-order valence-electron chi connectivity index (χ4n) is 4.60. The van der Waals surface area contributed by atoms with Crippen LogP contribution >= 0.6 is 0 Å². The molecule has 1 heterocycles. The van der Waals surface area contributed by atoms with Gasteiger partial charge in [0, 0.05) is 45.7 Å². The molecule has 0 aromatic heterocycles. The number of benzene rings is 3. The monoisotopic (exact) mass is 488 g/mol. The third-order valence-electron chi connectivity index (χ3n) is 6.77. The molecule has 188 valence electrons. The molecule has 3 aromatic carbocycles. The number of carboxylic acid groups (broad SMARTS) is 1.